The van der Waals surface area contributed by atoms with E-state index in [0.29, 0.717) is 6.61 Å². The summed E-state index contributed by atoms with van der Waals surface area (Å²) in [5.74, 6) is 0.801. The fourth-order valence-electron chi connectivity index (χ4n) is 1.91. The van der Waals surface area contributed by atoms with Crippen LogP contribution in [0.15, 0.2) is 18.2 Å². The van der Waals surface area contributed by atoms with Crippen LogP contribution in [0.1, 0.15) is 51.3 Å². The quantitative estimate of drug-likeness (QED) is 0.860. The van der Waals surface area contributed by atoms with Gasteiger partial charge in [-0.3, -0.25) is 0 Å². The van der Waals surface area contributed by atoms with Crippen LogP contribution in [0, 0.1) is 12.3 Å². The van der Waals surface area contributed by atoms with Gasteiger partial charge in [-0.1, -0.05) is 32.4 Å². The Balaban J connectivity index is 2.97. The summed E-state index contributed by atoms with van der Waals surface area (Å²) in [5, 5.41) is 10.3. The van der Waals surface area contributed by atoms with Gasteiger partial charge in [0.1, 0.15) is 5.75 Å². The molecule has 96 valence electrons. The van der Waals surface area contributed by atoms with Crippen LogP contribution in [0.3, 0.4) is 0 Å². The number of aliphatic hydroxyl groups excluding tert-OH is 1. The SMILES string of the molecule is CCOc1ccc(C)cc1C(O)CC(C)(C)C. The van der Waals surface area contributed by atoms with Gasteiger partial charge in [0.05, 0.1) is 12.7 Å². The van der Waals surface area contributed by atoms with Crippen LogP contribution in [0.2, 0.25) is 0 Å². The highest BCUT2D eigenvalue weighted by Crippen LogP contribution is 2.34. The maximum Gasteiger partial charge on any atom is 0.125 e. The summed E-state index contributed by atoms with van der Waals surface area (Å²) in [5.41, 5.74) is 2.16. The molecule has 2 heteroatoms. The molecule has 0 heterocycles. The maximum atomic E-state index is 10.3. The number of ether oxygens (including phenoxy) is 1. The molecule has 0 saturated carbocycles. The molecule has 1 aromatic rings. The molecule has 0 amide bonds. The molecule has 0 spiro atoms. The average molecular weight is 236 g/mol. The van der Waals surface area contributed by atoms with E-state index in [-0.39, 0.29) is 5.41 Å². The van der Waals surface area contributed by atoms with Crippen LogP contribution >= 0.6 is 0 Å². The van der Waals surface area contributed by atoms with E-state index in [1.807, 2.05) is 32.0 Å². The minimum Gasteiger partial charge on any atom is -0.493 e. The van der Waals surface area contributed by atoms with Gasteiger partial charge in [0.15, 0.2) is 0 Å². The Kier molecular flexibility index (Phi) is 4.58. The van der Waals surface area contributed by atoms with Gasteiger partial charge in [0, 0.05) is 5.56 Å². The number of benzene rings is 1. The minimum absolute atomic E-state index is 0.104. The molecule has 1 N–H and O–H groups in total. The van der Waals surface area contributed by atoms with Crippen molar-refractivity contribution in [1.29, 1.82) is 0 Å². The van der Waals surface area contributed by atoms with Crippen LogP contribution in [-0.2, 0) is 0 Å². The van der Waals surface area contributed by atoms with E-state index in [0.717, 1.165) is 23.3 Å². The van der Waals surface area contributed by atoms with E-state index in [2.05, 4.69) is 20.8 Å². The normalized spacial score (nSPS) is 13.5. The summed E-state index contributed by atoms with van der Waals surface area (Å²) in [4.78, 5) is 0. The number of hydrogen-bond acceptors (Lipinski definition) is 2. The average Bonchev–Trinajstić information content (AvgIpc) is 2.18. The van der Waals surface area contributed by atoms with Gasteiger partial charge in [-0.2, -0.15) is 0 Å². The molecule has 0 radical (unpaired) electrons. The van der Waals surface area contributed by atoms with Gasteiger partial charge in [0.2, 0.25) is 0 Å². The minimum atomic E-state index is -0.462. The third-order valence-electron chi connectivity index (χ3n) is 2.63. The monoisotopic (exact) mass is 236 g/mol. The lowest BCUT2D eigenvalue weighted by Gasteiger charge is -2.24. The number of aryl methyl sites for hydroxylation is 1. The van der Waals surface area contributed by atoms with Crippen LogP contribution in [0.4, 0.5) is 0 Å². The van der Waals surface area contributed by atoms with E-state index in [1.165, 1.54) is 0 Å². The number of aliphatic hydroxyl groups is 1. The summed E-state index contributed by atoms with van der Waals surface area (Å²) in [6.07, 6.45) is 0.271. The lowest BCUT2D eigenvalue weighted by Crippen LogP contribution is -2.12. The molecule has 0 bridgehead atoms. The van der Waals surface area contributed by atoms with Crippen molar-refractivity contribution in [2.75, 3.05) is 6.61 Å². The standard InChI is InChI=1S/C15H24O2/c1-6-17-14-8-7-11(2)9-12(14)13(16)10-15(3,4)5/h7-9,13,16H,6,10H2,1-5H3. The van der Waals surface area contributed by atoms with E-state index < -0.39 is 6.10 Å². The number of rotatable bonds is 4. The highest BCUT2D eigenvalue weighted by atomic mass is 16.5. The van der Waals surface area contributed by atoms with E-state index in [9.17, 15) is 5.11 Å². The molecule has 1 rings (SSSR count). The van der Waals surface area contributed by atoms with Crippen LogP contribution < -0.4 is 4.74 Å². The molecular formula is C15H24O2. The Morgan fingerprint density at radius 1 is 1.29 bits per heavy atom. The van der Waals surface area contributed by atoms with Crippen molar-refractivity contribution in [2.45, 2.75) is 47.1 Å². The van der Waals surface area contributed by atoms with E-state index >= 15 is 0 Å². The van der Waals surface area contributed by atoms with Gasteiger partial charge >= 0.3 is 0 Å². The number of hydrogen-bond donors (Lipinski definition) is 1. The molecule has 17 heavy (non-hydrogen) atoms. The van der Waals surface area contributed by atoms with Gasteiger partial charge in [-0.05, 0) is 37.8 Å². The second kappa shape index (κ2) is 5.54. The molecule has 1 aromatic carbocycles. The topological polar surface area (TPSA) is 29.5 Å². The van der Waals surface area contributed by atoms with Gasteiger partial charge in [-0.25, -0.2) is 0 Å². The van der Waals surface area contributed by atoms with Crippen molar-refractivity contribution in [2.24, 2.45) is 5.41 Å². The van der Waals surface area contributed by atoms with Crippen molar-refractivity contribution in [1.82, 2.24) is 0 Å². The first-order valence-corrected chi connectivity index (χ1v) is 6.25. The van der Waals surface area contributed by atoms with Gasteiger partial charge in [-0.15, -0.1) is 0 Å². The lowest BCUT2D eigenvalue weighted by molar-refractivity contribution is 0.118. The zero-order chi connectivity index (χ0) is 13.1. The first-order chi connectivity index (χ1) is 7.83. The molecule has 0 aromatic heterocycles. The van der Waals surface area contributed by atoms with Crippen molar-refractivity contribution in [3.05, 3.63) is 29.3 Å². The predicted octanol–water partition coefficient (Wildman–Crippen LogP) is 3.86. The molecular weight excluding hydrogens is 212 g/mol. The lowest BCUT2D eigenvalue weighted by atomic mass is 9.86. The zero-order valence-electron chi connectivity index (χ0n) is 11.6. The van der Waals surface area contributed by atoms with Crippen molar-refractivity contribution in [3.8, 4) is 5.75 Å². The second-order valence-electron chi connectivity index (χ2n) is 5.75. The Morgan fingerprint density at radius 3 is 2.47 bits per heavy atom. The third-order valence-corrected chi connectivity index (χ3v) is 2.63. The summed E-state index contributed by atoms with van der Waals surface area (Å²) in [7, 11) is 0. The fraction of sp³-hybridized carbons (Fsp3) is 0.600. The van der Waals surface area contributed by atoms with Crippen LogP contribution in [-0.4, -0.2) is 11.7 Å². The van der Waals surface area contributed by atoms with Crippen LogP contribution in [0.25, 0.3) is 0 Å². The Morgan fingerprint density at radius 2 is 1.94 bits per heavy atom. The molecule has 0 saturated heterocycles. The smallest absolute Gasteiger partial charge is 0.125 e. The largest absolute Gasteiger partial charge is 0.493 e. The van der Waals surface area contributed by atoms with E-state index in [1.54, 1.807) is 0 Å². The first-order valence-electron chi connectivity index (χ1n) is 6.25. The first kappa shape index (κ1) is 14.0. The predicted molar refractivity (Wildman–Crippen MR) is 71.4 cm³/mol. The molecule has 1 atom stereocenters. The van der Waals surface area contributed by atoms with Crippen LogP contribution in [0.5, 0.6) is 5.75 Å². The summed E-state index contributed by atoms with van der Waals surface area (Å²) in [6.45, 7) is 11.0. The van der Waals surface area contributed by atoms with Gasteiger partial charge < -0.3 is 9.84 Å². The fourth-order valence-corrected chi connectivity index (χ4v) is 1.91. The zero-order valence-corrected chi connectivity index (χ0v) is 11.6. The van der Waals surface area contributed by atoms with Gasteiger partial charge in [0.25, 0.3) is 0 Å². The molecule has 1 unspecified atom stereocenters. The Bertz CT molecular complexity index is 364. The second-order valence-corrected chi connectivity index (χ2v) is 5.75. The Hall–Kier alpha value is -1.02. The van der Waals surface area contributed by atoms with Crippen molar-refractivity contribution >= 4 is 0 Å². The maximum absolute atomic E-state index is 10.3. The van der Waals surface area contributed by atoms with E-state index in [4.69, 9.17) is 4.74 Å². The highest BCUT2D eigenvalue weighted by molar-refractivity contribution is 5.38. The molecule has 0 fully saturated rings. The molecule has 0 aliphatic rings. The van der Waals surface area contributed by atoms with Crippen molar-refractivity contribution in [3.63, 3.8) is 0 Å². The van der Waals surface area contributed by atoms with Crippen molar-refractivity contribution < 1.29 is 9.84 Å². The highest BCUT2D eigenvalue weighted by Gasteiger charge is 2.21. The molecule has 2 nitrogen and oxygen atoms in total. The molecule has 0 aliphatic heterocycles. The summed E-state index contributed by atoms with van der Waals surface area (Å²) in [6, 6.07) is 5.97. The Labute approximate surface area is 105 Å². The third kappa shape index (κ3) is 4.39. The molecule has 0 aliphatic carbocycles. The summed E-state index contributed by atoms with van der Waals surface area (Å²) >= 11 is 0. The summed E-state index contributed by atoms with van der Waals surface area (Å²) < 4.78 is 5.57.